The Hall–Kier alpha value is -2.93. The van der Waals surface area contributed by atoms with Crippen LogP contribution in [0.2, 0.25) is 0 Å². The van der Waals surface area contributed by atoms with Crippen LogP contribution in [0.1, 0.15) is 13.2 Å². The zero-order valence-corrected chi connectivity index (χ0v) is 14.0. The number of rotatable bonds is 4. The number of aromatic nitrogens is 3. The summed E-state index contributed by atoms with van der Waals surface area (Å²) in [5.74, 6) is -1.47. The SMILES string of the molecule is CC(=O)O[C@@H]1[C@H](N=[N+]=[N-])[C@@H](CO)O[C@H]1n1c(=O)sc2c(O)nc(N)nc21. The smallest absolute Gasteiger partial charge is 0.311 e. The molecule has 26 heavy (non-hydrogen) atoms. The van der Waals surface area contributed by atoms with Crippen LogP contribution >= 0.6 is 11.3 Å². The van der Waals surface area contributed by atoms with Gasteiger partial charge < -0.3 is 25.4 Å². The molecule has 1 aliphatic heterocycles. The first kappa shape index (κ1) is 17.9. The van der Waals surface area contributed by atoms with Gasteiger partial charge in [0.2, 0.25) is 11.8 Å². The lowest BCUT2D eigenvalue weighted by atomic mass is 10.1. The van der Waals surface area contributed by atoms with E-state index < -0.39 is 47.8 Å². The summed E-state index contributed by atoms with van der Waals surface area (Å²) in [4.78, 5) is 33.5. The number of azide groups is 1. The maximum absolute atomic E-state index is 12.5. The van der Waals surface area contributed by atoms with E-state index in [9.17, 15) is 19.8 Å². The van der Waals surface area contributed by atoms with Crippen LogP contribution in [-0.4, -0.2) is 55.6 Å². The summed E-state index contributed by atoms with van der Waals surface area (Å²) >= 11 is 0.636. The average molecular weight is 383 g/mol. The maximum Gasteiger partial charge on any atom is 0.311 e. The molecule has 2 aromatic heterocycles. The summed E-state index contributed by atoms with van der Waals surface area (Å²) in [6.45, 7) is 0.591. The van der Waals surface area contributed by atoms with Crippen molar-refractivity contribution in [1.29, 1.82) is 0 Å². The molecular formula is C12H13N7O6S. The third-order valence-corrected chi connectivity index (χ3v) is 4.64. The highest BCUT2D eigenvalue weighted by Crippen LogP contribution is 2.36. The number of hydrogen-bond donors (Lipinski definition) is 3. The number of nitrogen functional groups attached to an aromatic ring is 1. The maximum atomic E-state index is 12.5. The van der Waals surface area contributed by atoms with E-state index >= 15 is 0 Å². The van der Waals surface area contributed by atoms with Gasteiger partial charge in [0, 0.05) is 11.8 Å². The number of anilines is 1. The zero-order chi connectivity index (χ0) is 19.0. The molecule has 2 aromatic rings. The highest BCUT2D eigenvalue weighted by molar-refractivity contribution is 7.16. The predicted octanol–water partition coefficient (Wildman–Crippen LogP) is -0.359. The Kier molecular flexibility index (Phi) is 4.65. The van der Waals surface area contributed by atoms with Gasteiger partial charge in [0.05, 0.1) is 12.7 Å². The van der Waals surface area contributed by atoms with Crippen molar-refractivity contribution in [2.24, 2.45) is 5.11 Å². The molecule has 14 heteroatoms. The molecule has 0 bridgehead atoms. The predicted molar refractivity (Wildman–Crippen MR) is 87.2 cm³/mol. The summed E-state index contributed by atoms with van der Waals surface area (Å²) in [6, 6.07) is -1.08. The van der Waals surface area contributed by atoms with Gasteiger partial charge in [-0.05, 0) is 5.53 Å². The van der Waals surface area contributed by atoms with Crippen molar-refractivity contribution < 1.29 is 24.5 Å². The number of ether oxygens (including phenoxy) is 2. The molecule has 3 rings (SSSR count). The van der Waals surface area contributed by atoms with Crippen LogP contribution in [0.3, 0.4) is 0 Å². The Morgan fingerprint density at radius 3 is 2.92 bits per heavy atom. The van der Waals surface area contributed by atoms with Crippen molar-refractivity contribution in [3.63, 3.8) is 0 Å². The molecule has 0 aliphatic carbocycles. The van der Waals surface area contributed by atoms with Crippen LogP contribution in [0.15, 0.2) is 9.91 Å². The number of aliphatic hydroxyl groups excluding tert-OH is 1. The Bertz CT molecular complexity index is 967. The molecule has 0 amide bonds. The topological polar surface area (TPSA) is 199 Å². The minimum absolute atomic E-state index is 0.0366. The molecular weight excluding hydrogens is 370 g/mol. The first-order chi connectivity index (χ1) is 12.4. The number of nitrogens with zero attached hydrogens (tertiary/aromatic N) is 6. The highest BCUT2D eigenvalue weighted by atomic mass is 32.1. The van der Waals surface area contributed by atoms with Gasteiger partial charge in [0.25, 0.3) is 0 Å². The summed E-state index contributed by atoms with van der Waals surface area (Å²) in [5.41, 5.74) is 14.2. The summed E-state index contributed by atoms with van der Waals surface area (Å²) < 4.78 is 11.8. The Morgan fingerprint density at radius 1 is 1.58 bits per heavy atom. The van der Waals surface area contributed by atoms with Crippen molar-refractivity contribution in [1.82, 2.24) is 14.5 Å². The van der Waals surface area contributed by atoms with Crippen molar-refractivity contribution in [2.75, 3.05) is 12.3 Å². The van der Waals surface area contributed by atoms with Gasteiger partial charge >= 0.3 is 10.8 Å². The molecule has 1 aliphatic rings. The number of fused-ring (bicyclic) bond motifs is 1. The quantitative estimate of drug-likeness (QED) is 0.273. The van der Waals surface area contributed by atoms with Crippen molar-refractivity contribution in [3.05, 3.63) is 20.1 Å². The van der Waals surface area contributed by atoms with Crippen LogP contribution < -0.4 is 10.6 Å². The Balaban J connectivity index is 2.19. The van der Waals surface area contributed by atoms with Gasteiger partial charge in [0.15, 0.2) is 18.0 Å². The van der Waals surface area contributed by atoms with E-state index in [1.165, 1.54) is 0 Å². The molecule has 0 unspecified atom stereocenters. The Morgan fingerprint density at radius 2 is 2.31 bits per heavy atom. The molecule has 0 aromatic carbocycles. The molecule has 0 saturated carbocycles. The van der Waals surface area contributed by atoms with Gasteiger partial charge in [0.1, 0.15) is 10.7 Å². The molecule has 13 nitrogen and oxygen atoms in total. The van der Waals surface area contributed by atoms with Crippen molar-refractivity contribution in [3.8, 4) is 5.88 Å². The zero-order valence-electron chi connectivity index (χ0n) is 13.2. The molecule has 1 fully saturated rings. The van der Waals surface area contributed by atoms with Gasteiger partial charge in [-0.15, -0.1) is 0 Å². The van der Waals surface area contributed by atoms with Gasteiger partial charge in [-0.25, -0.2) is 0 Å². The molecule has 4 atom stereocenters. The van der Waals surface area contributed by atoms with Crippen LogP contribution in [0.5, 0.6) is 5.88 Å². The lowest BCUT2D eigenvalue weighted by Gasteiger charge is -2.21. The monoisotopic (exact) mass is 383 g/mol. The van der Waals surface area contributed by atoms with E-state index in [4.69, 9.17) is 20.7 Å². The van der Waals surface area contributed by atoms with E-state index in [1.807, 2.05) is 0 Å². The fourth-order valence-corrected chi connectivity index (χ4v) is 3.58. The van der Waals surface area contributed by atoms with Gasteiger partial charge in [-0.1, -0.05) is 16.5 Å². The van der Waals surface area contributed by atoms with E-state index in [0.29, 0.717) is 11.3 Å². The minimum Gasteiger partial charge on any atom is -0.492 e. The lowest BCUT2D eigenvalue weighted by Crippen LogP contribution is -2.36. The summed E-state index contributed by atoms with van der Waals surface area (Å²) in [7, 11) is 0. The first-order valence-corrected chi connectivity index (χ1v) is 8.04. The second-order valence-corrected chi connectivity index (χ2v) is 6.27. The van der Waals surface area contributed by atoms with E-state index in [2.05, 4.69) is 20.0 Å². The lowest BCUT2D eigenvalue weighted by molar-refractivity contribution is -0.152. The number of aliphatic hydroxyl groups is 1. The standard InChI is InChI=1S/C12H13N7O6S/c1-3(21)24-6-5(17-18-14)4(2-20)25-10(6)19-8-7(26-12(19)23)9(22)16-11(13)15-8/h4-6,10,20H,2H2,1H3,(H3,13,15,16,22)/t4-,5-,6-,10-/m1/s1. The van der Waals surface area contributed by atoms with Crippen LogP contribution in [0.25, 0.3) is 20.8 Å². The number of carbonyl (C=O) groups excluding carboxylic acids is 1. The fraction of sp³-hybridized carbons (Fsp3) is 0.500. The second kappa shape index (κ2) is 6.76. The number of nitrogens with two attached hydrogens (primary N) is 1. The van der Waals surface area contributed by atoms with E-state index in [1.54, 1.807) is 0 Å². The highest BCUT2D eigenvalue weighted by Gasteiger charge is 2.48. The van der Waals surface area contributed by atoms with Crippen molar-refractivity contribution in [2.45, 2.75) is 31.4 Å². The van der Waals surface area contributed by atoms with E-state index in [-0.39, 0.29) is 16.3 Å². The normalized spacial score (nSPS) is 25.2. The van der Waals surface area contributed by atoms with Crippen LogP contribution in [0, 0.1) is 0 Å². The molecule has 138 valence electrons. The largest absolute Gasteiger partial charge is 0.492 e. The van der Waals surface area contributed by atoms with Gasteiger partial charge in [-0.3, -0.25) is 14.2 Å². The fourth-order valence-electron chi connectivity index (χ4n) is 2.74. The minimum atomic E-state index is -1.25. The van der Waals surface area contributed by atoms with Crippen molar-refractivity contribution >= 4 is 33.6 Å². The van der Waals surface area contributed by atoms with Crippen LogP contribution in [0.4, 0.5) is 5.95 Å². The molecule has 0 spiro atoms. The van der Waals surface area contributed by atoms with Crippen LogP contribution in [-0.2, 0) is 14.3 Å². The average Bonchev–Trinajstić information content (AvgIpc) is 3.05. The number of hydrogen-bond acceptors (Lipinski definition) is 11. The molecule has 1 saturated heterocycles. The molecule has 0 radical (unpaired) electrons. The summed E-state index contributed by atoms with van der Waals surface area (Å²) in [5, 5.41) is 22.9. The molecule has 4 N–H and O–H groups in total. The van der Waals surface area contributed by atoms with E-state index in [0.717, 1.165) is 11.5 Å². The molecule has 3 heterocycles. The second-order valence-electron chi connectivity index (χ2n) is 5.31. The first-order valence-electron chi connectivity index (χ1n) is 7.22. The third kappa shape index (κ3) is 2.90. The Labute approximate surface area is 148 Å². The third-order valence-electron chi connectivity index (χ3n) is 3.70. The number of esters is 1. The van der Waals surface area contributed by atoms with Gasteiger partial charge in [-0.2, -0.15) is 9.97 Å². The number of carbonyl (C=O) groups is 1. The summed E-state index contributed by atoms with van der Waals surface area (Å²) in [6.07, 6.45) is -3.47. The number of aromatic hydroxyl groups is 1. The number of thiazole rings is 1.